The number of aryl methyl sites for hydroxylation is 1. The molecule has 0 N–H and O–H groups in total. The van der Waals surface area contributed by atoms with Crippen LogP contribution in [-0.4, -0.2) is 22.6 Å². The molecule has 124 valence electrons. The van der Waals surface area contributed by atoms with Crippen molar-refractivity contribution in [3.8, 4) is 0 Å². The van der Waals surface area contributed by atoms with E-state index in [1.165, 1.54) is 24.1 Å². The number of carbonyl (C=O) groups excluding carboxylic acids is 1. The number of esters is 1. The van der Waals surface area contributed by atoms with E-state index < -0.39 is 11.8 Å². The number of hydrogen-bond donors (Lipinski definition) is 0. The predicted octanol–water partition coefficient (Wildman–Crippen LogP) is 4.60. The molecule has 0 spiro atoms. The fourth-order valence-electron chi connectivity index (χ4n) is 2.42. The molecule has 0 aliphatic rings. The monoisotopic (exact) mass is 411 g/mol. The number of halogens is 3. The van der Waals surface area contributed by atoms with Gasteiger partial charge in [0.05, 0.1) is 51.5 Å². The number of hydrogen-bond acceptors (Lipinski definition) is 4. The summed E-state index contributed by atoms with van der Waals surface area (Å²) < 4.78 is 22.5. The average Bonchev–Trinajstić information content (AvgIpc) is 2.97. The van der Waals surface area contributed by atoms with E-state index in [9.17, 15) is 9.18 Å². The van der Waals surface area contributed by atoms with Crippen molar-refractivity contribution < 1.29 is 13.9 Å². The zero-order valence-electron chi connectivity index (χ0n) is 12.8. The maximum atomic E-state index is 14.7. The van der Waals surface area contributed by atoms with Gasteiger partial charge in [0.15, 0.2) is 5.82 Å². The zero-order valence-corrected chi connectivity index (χ0v) is 15.1. The number of methoxy groups -OCH3 is 1. The van der Waals surface area contributed by atoms with E-state index in [0.29, 0.717) is 21.9 Å². The third kappa shape index (κ3) is 2.63. The Labute approximate surface area is 150 Å². The Balaban J connectivity index is 2.29. The van der Waals surface area contributed by atoms with Crippen LogP contribution >= 0.6 is 27.7 Å². The molecule has 2 aromatic carbocycles. The molecule has 1 aromatic heterocycles. The summed E-state index contributed by atoms with van der Waals surface area (Å²) in [6, 6.07) is 8.51. The molecular formula is C16H12BrClFN3O2. The van der Waals surface area contributed by atoms with Crippen LogP contribution in [0.25, 0.3) is 11.0 Å². The smallest absolute Gasteiger partial charge is 0.341 e. The molecule has 0 saturated heterocycles. The molecule has 0 bridgehead atoms. The molecule has 1 heterocycles. The van der Waals surface area contributed by atoms with Crippen molar-refractivity contribution >= 4 is 56.1 Å². The lowest BCUT2D eigenvalue weighted by molar-refractivity contribution is 0.0596. The van der Waals surface area contributed by atoms with Gasteiger partial charge in [-0.1, -0.05) is 23.7 Å². The van der Waals surface area contributed by atoms with Crippen molar-refractivity contribution in [1.29, 1.82) is 0 Å². The first-order chi connectivity index (χ1) is 11.5. The van der Waals surface area contributed by atoms with Crippen LogP contribution in [0.3, 0.4) is 0 Å². The minimum atomic E-state index is -0.767. The van der Waals surface area contributed by atoms with Gasteiger partial charge >= 0.3 is 5.97 Å². The van der Waals surface area contributed by atoms with E-state index in [4.69, 9.17) is 11.6 Å². The van der Waals surface area contributed by atoms with Crippen molar-refractivity contribution in [2.24, 2.45) is 7.05 Å². The van der Waals surface area contributed by atoms with Crippen LogP contribution in [0.1, 0.15) is 10.4 Å². The highest BCUT2D eigenvalue weighted by Gasteiger charge is 2.24. The Bertz CT molecular complexity index is 944. The minimum absolute atomic E-state index is 0.180. The Morgan fingerprint density at radius 1 is 1.38 bits per heavy atom. The zero-order chi connectivity index (χ0) is 17.4. The van der Waals surface area contributed by atoms with Crippen LogP contribution in [0.2, 0.25) is 5.02 Å². The van der Waals surface area contributed by atoms with E-state index in [1.807, 2.05) is 6.07 Å². The Hall–Kier alpha value is -2.12. The van der Waals surface area contributed by atoms with Gasteiger partial charge < -0.3 is 9.30 Å². The van der Waals surface area contributed by atoms with Crippen molar-refractivity contribution in [3.63, 3.8) is 0 Å². The van der Waals surface area contributed by atoms with Gasteiger partial charge in [0.1, 0.15) is 11.0 Å². The predicted molar refractivity (Wildman–Crippen MR) is 94.5 cm³/mol. The van der Waals surface area contributed by atoms with Crippen LogP contribution in [0.5, 0.6) is 0 Å². The van der Waals surface area contributed by atoms with E-state index in [-0.39, 0.29) is 11.1 Å². The molecule has 0 atom stereocenters. The SMILES string of the molecule is COC(=O)c1cc(N(Br)c2ccccc2Cl)c2ncn(C)c2c1F. The van der Waals surface area contributed by atoms with Crippen molar-refractivity contribution in [2.75, 3.05) is 11.0 Å². The topological polar surface area (TPSA) is 47.4 Å². The molecule has 0 fully saturated rings. The second-order valence-corrected chi connectivity index (χ2v) is 6.15. The number of carbonyl (C=O) groups is 1. The average molecular weight is 413 g/mol. The van der Waals surface area contributed by atoms with Crippen molar-refractivity contribution in [3.05, 3.63) is 53.1 Å². The third-order valence-electron chi connectivity index (χ3n) is 3.59. The Morgan fingerprint density at radius 3 is 2.75 bits per heavy atom. The second-order valence-electron chi connectivity index (χ2n) is 5.03. The molecule has 0 amide bonds. The van der Waals surface area contributed by atoms with Crippen molar-refractivity contribution in [2.45, 2.75) is 0 Å². The molecular weight excluding hydrogens is 401 g/mol. The van der Waals surface area contributed by atoms with Gasteiger partial charge in [0.2, 0.25) is 0 Å². The maximum Gasteiger partial charge on any atom is 0.341 e. The maximum absolute atomic E-state index is 14.7. The molecule has 5 nitrogen and oxygen atoms in total. The third-order valence-corrected chi connectivity index (χ3v) is 4.67. The number of benzene rings is 2. The molecule has 24 heavy (non-hydrogen) atoms. The number of anilines is 2. The highest BCUT2D eigenvalue weighted by molar-refractivity contribution is 9.10. The highest BCUT2D eigenvalue weighted by Crippen LogP contribution is 2.39. The van der Waals surface area contributed by atoms with Gasteiger partial charge in [-0.05, 0) is 18.2 Å². The number of ether oxygens (including phenoxy) is 1. The molecule has 3 aromatic rings. The van der Waals surface area contributed by atoms with Gasteiger partial charge in [0.25, 0.3) is 0 Å². The van der Waals surface area contributed by atoms with E-state index in [1.54, 1.807) is 29.2 Å². The lowest BCUT2D eigenvalue weighted by atomic mass is 10.1. The van der Waals surface area contributed by atoms with Gasteiger partial charge in [-0.2, -0.15) is 0 Å². The molecule has 0 radical (unpaired) electrons. The summed E-state index contributed by atoms with van der Waals surface area (Å²) in [6.45, 7) is 0. The van der Waals surface area contributed by atoms with Gasteiger partial charge in [-0.25, -0.2) is 14.2 Å². The summed E-state index contributed by atoms with van der Waals surface area (Å²) in [5, 5.41) is 0.488. The molecule has 0 aliphatic heterocycles. The number of rotatable bonds is 3. The summed E-state index contributed by atoms with van der Waals surface area (Å²) in [6.07, 6.45) is 1.48. The number of aromatic nitrogens is 2. The molecule has 0 unspecified atom stereocenters. The molecule has 0 saturated carbocycles. The molecule has 8 heteroatoms. The fourth-order valence-corrected chi connectivity index (χ4v) is 3.32. The number of para-hydroxylation sites is 1. The fraction of sp³-hybridized carbons (Fsp3) is 0.125. The van der Waals surface area contributed by atoms with Crippen LogP contribution in [0.15, 0.2) is 36.7 Å². The lowest BCUT2D eigenvalue weighted by Crippen LogP contribution is -2.10. The standard InChI is InChI=1S/C16H12BrClFN3O2/c1-21-8-20-14-12(22(17)11-6-4-3-5-10(11)18)7-9(16(23)24-2)13(19)15(14)21/h3-8H,1-2H3. The van der Waals surface area contributed by atoms with E-state index >= 15 is 0 Å². The summed E-state index contributed by atoms with van der Waals surface area (Å²) in [4.78, 5) is 16.2. The van der Waals surface area contributed by atoms with Crippen LogP contribution in [0.4, 0.5) is 15.8 Å². The summed E-state index contributed by atoms with van der Waals surface area (Å²) in [5.74, 6) is -1.45. The van der Waals surface area contributed by atoms with Crippen LogP contribution in [0, 0.1) is 5.82 Å². The highest BCUT2D eigenvalue weighted by atomic mass is 79.9. The van der Waals surface area contributed by atoms with Gasteiger partial charge in [-0.15, -0.1) is 0 Å². The van der Waals surface area contributed by atoms with Crippen molar-refractivity contribution in [1.82, 2.24) is 9.55 Å². The summed E-state index contributed by atoms with van der Waals surface area (Å²) in [5.41, 5.74) is 1.51. The minimum Gasteiger partial charge on any atom is -0.465 e. The first-order valence-electron chi connectivity index (χ1n) is 6.88. The quantitative estimate of drug-likeness (QED) is 0.466. The van der Waals surface area contributed by atoms with Crippen LogP contribution < -0.4 is 3.93 Å². The molecule has 3 rings (SSSR count). The van der Waals surface area contributed by atoms with Crippen LogP contribution in [-0.2, 0) is 11.8 Å². The van der Waals surface area contributed by atoms with Gasteiger partial charge in [0, 0.05) is 7.05 Å². The Kier molecular flexibility index (Phi) is 4.47. The number of fused-ring (bicyclic) bond motifs is 1. The lowest BCUT2D eigenvalue weighted by Gasteiger charge is -2.19. The van der Waals surface area contributed by atoms with E-state index in [0.717, 1.165) is 0 Å². The summed E-state index contributed by atoms with van der Waals surface area (Å²) >= 11 is 9.65. The van der Waals surface area contributed by atoms with E-state index in [2.05, 4.69) is 25.9 Å². The Morgan fingerprint density at radius 2 is 2.08 bits per heavy atom. The first kappa shape index (κ1) is 16.7. The number of imidazole rings is 1. The first-order valence-corrected chi connectivity index (χ1v) is 7.96. The largest absolute Gasteiger partial charge is 0.465 e. The second kappa shape index (κ2) is 6.41. The number of nitrogens with zero attached hydrogens (tertiary/aromatic N) is 3. The molecule has 0 aliphatic carbocycles. The summed E-state index contributed by atoms with van der Waals surface area (Å²) in [7, 11) is 2.85. The van der Waals surface area contributed by atoms with Gasteiger partial charge in [-0.3, -0.25) is 3.93 Å². The normalized spacial score (nSPS) is 10.9.